The van der Waals surface area contributed by atoms with Crippen molar-refractivity contribution in [2.75, 3.05) is 12.3 Å². The summed E-state index contributed by atoms with van der Waals surface area (Å²) >= 11 is 2.08. The number of aryl methyl sites for hydroxylation is 1. The third-order valence-corrected chi connectivity index (χ3v) is 4.27. The van der Waals surface area contributed by atoms with Crippen LogP contribution in [0, 0.1) is 0 Å². The van der Waals surface area contributed by atoms with Crippen molar-refractivity contribution in [2.24, 2.45) is 7.05 Å². The maximum atomic E-state index is 4.52. The van der Waals surface area contributed by atoms with Gasteiger partial charge in [0.15, 0.2) is 0 Å². The van der Waals surface area contributed by atoms with Crippen molar-refractivity contribution >= 4 is 11.8 Å². The van der Waals surface area contributed by atoms with Crippen LogP contribution >= 0.6 is 11.8 Å². The lowest BCUT2D eigenvalue weighted by molar-refractivity contribution is 0.501. The molecule has 0 aliphatic carbocycles. The van der Waals surface area contributed by atoms with Crippen LogP contribution in [-0.2, 0) is 7.05 Å². The highest BCUT2D eigenvalue weighted by atomic mass is 32.2. The Morgan fingerprint density at radius 3 is 3.13 bits per heavy atom. The monoisotopic (exact) mass is 225 g/mol. The predicted octanol–water partition coefficient (Wildman–Crippen LogP) is 1.97. The molecule has 1 saturated heterocycles. The van der Waals surface area contributed by atoms with E-state index in [9.17, 15) is 0 Å². The molecule has 1 aromatic heterocycles. The van der Waals surface area contributed by atoms with Gasteiger partial charge < -0.3 is 5.32 Å². The molecule has 3 nitrogen and oxygen atoms in total. The molecule has 2 rings (SSSR count). The molecule has 1 fully saturated rings. The van der Waals surface area contributed by atoms with Crippen molar-refractivity contribution < 1.29 is 0 Å². The first-order chi connectivity index (χ1) is 7.31. The maximum Gasteiger partial charge on any atom is 0.0805 e. The van der Waals surface area contributed by atoms with E-state index in [1.54, 1.807) is 0 Å². The largest absolute Gasteiger partial charge is 0.308 e. The van der Waals surface area contributed by atoms with Crippen LogP contribution in [0.4, 0.5) is 0 Å². The summed E-state index contributed by atoms with van der Waals surface area (Å²) in [4.78, 5) is 0. The molecule has 2 atom stereocenters. The van der Waals surface area contributed by atoms with Gasteiger partial charge in [-0.2, -0.15) is 16.9 Å². The molecule has 0 radical (unpaired) electrons. The zero-order valence-electron chi connectivity index (χ0n) is 9.44. The van der Waals surface area contributed by atoms with Gasteiger partial charge in [-0.1, -0.05) is 6.92 Å². The van der Waals surface area contributed by atoms with E-state index in [0.717, 1.165) is 6.54 Å². The lowest BCUT2D eigenvalue weighted by Crippen LogP contribution is -2.29. The Hall–Kier alpha value is -0.480. The molecule has 15 heavy (non-hydrogen) atoms. The van der Waals surface area contributed by atoms with Gasteiger partial charge in [-0.3, -0.25) is 4.68 Å². The van der Waals surface area contributed by atoms with Crippen LogP contribution in [0.3, 0.4) is 0 Å². The summed E-state index contributed by atoms with van der Waals surface area (Å²) in [7, 11) is 1.98. The summed E-state index contributed by atoms with van der Waals surface area (Å²) in [6.45, 7) is 3.17. The third-order valence-electron chi connectivity index (χ3n) is 2.81. The normalized spacial score (nSPS) is 23.2. The fourth-order valence-electron chi connectivity index (χ4n) is 2.11. The van der Waals surface area contributed by atoms with Crippen molar-refractivity contribution in [2.45, 2.75) is 31.1 Å². The van der Waals surface area contributed by atoms with E-state index in [1.807, 2.05) is 17.9 Å². The van der Waals surface area contributed by atoms with Crippen LogP contribution in [0.5, 0.6) is 0 Å². The molecule has 4 heteroatoms. The minimum atomic E-state index is 0.434. The number of thioether (sulfide) groups is 1. The Morgan fingerprint density at radius 1 is 1.73 bits per heavy atom. The van der Waals surface area contributed by atoms with Gasteiger partial charge in [-0.25, -0.2) is 0 Å². The van der Waals surface area contributed by atoms with Gasteiger partial charge in [-0.05, 0) is 31.2 Å². The number of rotatable bonds is 4. The van der Waals surface area contributed by atoms with Gasteiger partial charge >= 0.3 is 0 Å². The summed E-state index contributed by atoms with van der Waals surface area (Å²) < 4.78 is 1.89. The molecular formula is C11H19N3S. The lowest BCUT2D eigenvalue weighted by atomic mass is 10.1. The standard InChI is InChI=1S/C11H19N3S/c1-3-12-11(10-5-4-8-15-10)9-6-7-14(2)13-9/h6-7,10-12H,3-5,8H2,1-2H3. The summed E-state index contributed by atoms with van der Waals surface area (Å²) in [6.07, 6.45) is 4.70. The highest BCUT2D eigenvalue weighted by molar-refractivity contribution is 8.00. The Balaban J connectivity index is 2.11. The first-order valence-electron chi connectivity index (χ1n) is 5.65. The highest BCUT2D eigenvalue weighted by Crippen LogP contribution is 2.35. The van der Waals surface area contributed by atoms with Gasteiger partial charge in [0, 0.05) is 18.5 Å². The lowest BCUT2D eigenvalue weighted by Gasteiger charge is -2.21. The molecule has 1 N–H and O–H groups in total. The zero-order valence-corrected chi connectivity index (χ0v) is 10.3. The summed E-state index contributed by atoms with van der Waals surface area (Å²) in [5.41, 5.74) is 1.19. The molecule has 0 bridgehead atoms. The molecule has 0 spiro atoms. The molecule has 1 aromatic rings. The predicted molar refractivity (Wildman–Crippen MR) is 65.1 cm³/mol. The van der Waals surface area contributed by atoms with E-state index >= 15 is 0 Å². The first-order valence-corrected chi connectivity index (χ1v) is 6.70. The highest BCUT2D eigenvalue weighted by Gasteiger charge is 2.27. The van der Waals surface area contributed by atoms with E-state index in [-0.39, 0.29) is 0 Å². The molecule has 84 valence electrons. The van der Waals surface area contributed by atoms with Gasteiger partial charge in [0.05, 0.1) is 11.7 Å². The smallest absolute Gasteiger partial charge is 0.0805 e. The first kappa shape index (κ1) is 11.0. The molecule has 2 heterocycles. The minimum Gasteiger partial charge on any atom is -0.308 e. The van der Waals surface area contributed by atoms with Crippen molar-refractivity contribution in [1.82, 2.24) is 15.1 Å². The second-order valence-electron chi connectivity index (χ2n) is 4.00. The second-order valence-corrected chi connectivity index (χ2v) is 5.35. The van der Waals surface area contributed by atoms with E-state index < -0.39 is 0 Å². The molecule has 0 saturated carbocycles. The molecule has 0 aromatic carbocycles. The van der Waals surface area contributed by atoms with Crippen LogP contribution in [0.1, 0.15) is 31.5 Å². The van der Waals surface area contributed by atoms with Crippen LogP contribution in [0.15, 0.2) is 12.3 Å². The Morgan fingerprint density at radius 2 is 2.60 bits per heavy atom. The number of nitrogens with zero attached hydrogens (tertiary/aromatic N) is 2. The maximum absolute atomic E-state index is 4.52. The number of hydrogen-bond donors (Lipinski definition) is 1. The second kappa shape index (κ2) is 5.03. The number of nitrogens with one attached hydrogen (secondary N) is 1. The van der Waals surface area contributed by atoms with Gasteiger partial charge in [0.2, 0.25) is 0 Å². The van der Waals surface area contributed by atoms with E-state index in [0.29, 0.717) is 11.3 Å². The Labute approximate surface area is 95.6 Å². The molecular weight excluding hydrogens is 206 g/mol. The average molecular weight is 225 g/mol. The summed E-state index contributed by atoms with van der Waals surface area (Å²) in [5, 5.41) is 8.78. The number of aromatic nitrogens is 2. The van der Waals surface area contributed by atoms with Gasteiger partial charge in [0.25, 0.3) is 0 Å². The summed E-state index contributed by atoms with van der Waals surface area (Å²) in [5.74, 6) is 1.30. The van der Waals surface area contributed by atoms with Gasteiger partial charge in [0.1, 0.15) is 0 Å². The van der Waals surface area contributed by atoms with Gasteiger partial charge in [-0.15, -0.1) is 0 Å². The topological polar surface area (TPSA) is 29.9 Å². The quantitative estimate of drug-likeness (QED) is 0.849. The van der Waals surface area contributed by atoms with Crippen molar-refractivity contribution in [3.63, 3.8) is 0 Å². The molecule has 0 amide bonds. The van der Waals surface area contributed by atoms with Crippen molar-refractivity contribution in [3.8, 4) is 0 Å². The third kappa shape index (κ3) is 2.55. The Bertz CT molecular complexity index is 305. The molecule has 1 aliphatic heterocycles. The van der Waals surface area contributed by atoms with Crippen LogP contribution in [0.25, 0.3) is 0 Å². The van der Waals surface area contributed by atoms with E-state index in [4.69, 9.17) is 0 Å². The fourth-order valence-corrected chi connectivity index (χ4v) is 3.51. The summed E-state index contributed by atoms with van der Waals surface area (Å²) in [6, 6.07) is 2.57. The minimum absolute atomic E-state index is 0.434. The van der Waals surface area contributed by atoms with Crippen LogP contribution < -0.4 is 5.32 Å². The number of hydrogen-bond acceptors (Lipinski definition) is 3. The van der Waals surface area contributed by atoms with E-state index in [2.05, 4.69) is 35.2 Å². The average Bonchev–Trinajstić information content (AvgIpc) is 2.85. The zero-order chi connectivity index (χ0) is 10.7. The SMILES string of the molecule is CCNC(c1ccn(C)n1)C1CCCS1. The fraction of sp³-hybridized carbons (Fsp3) is 0.727. The molecule has 1 aliphatic rings. The van der Waals surface area contributed by atoms with E-state index in [1.165, 1.54) is 24.3 Å². The van der Waals surface area contributed by atoms with Crippen molar-refractivity contribution in [1.29, 1.82) is 0 Å². The van der Waals surface area contributed by atoms with Crippen LogP contribution in [-0.4, -0.2) is 27.3 Å². The van der Waals surface area contributed by atoms with Crippen molar-refractivity contribution in [3.05, 3.63) is 18.0 Å². The van der Waals surface area contributed by atoms with Crippen LogP contribution in [0.2, 0.25) is 0 Å². The Kier molecular flexibility index (Phi) is 3.70. The molecule has 2 unspecified atom stereocenters.